The van der Waals surface area contributed by atoms with Crippen molar-refractivity contribution in [3.8, 4) is 0 Å². The van der Waals surface area contributed by atoms with E-state index in [1.54, 1.807) is 5.57 Å². The average Bonchev–Trinajstić information content (AvgIpc) is 3.21. The fourth-order valence-electron chi connectivity index (χ4n) is 10.3. The van der Waals surface area contributed by atoms with Crippen LogP contribution in [-0.4, -0.2) is 19.0 Å². The van der Waals surface area contributed by atoms with Crippen LogP contribution in [-0.2, 0) is 9.47 Å². The molecule has 0 N–H and O–H groups in total. The minimum Gasteiger partial charge on any atom is -0.353 e. The molecule has 2 heteroatoms. The van der Waals surface area contributed by atoms with Crippen LogP contribution in [0.25, 0.3) is 0 Å². The maximum Gasteiger partial charge on any atom is 0.157 e. The summed E-state index contributed by atoms with van der Waals surface area (Å²) in [5, 5.41) is 0. The minimum atomic E-state index is 0.0631. The van der Waals surface area contributed by atoms with Crippen molar-refractivity contribution in [3.05, 3.63) is 11.6 Å². The van der Waals surface area contributed by atoms with E-state index in [1.807, 2.05) is 0 Å². The maximum atomic E-state index is 6.52. The van der Waals surface area contributed by atoms with Crippen molar-refractivity contribution in [2.75, 3.05) is 6.61 Å². The summed E-state index contributed by atoms with van der Waals surface area (Å²) in [5.74, 6) is 5.54. The molecule has 200 valence electrons. The van der Waals surface area contributed by atoms with Gasteiger partial charge in [0.25, 0.3) is 0 Å². The van der Waals surface area contributed by atoms with Crippen LogP contribution < -0.4 is 0 Å². The molecule has 2 nitrogen and oxygen atoms in total. The van der Waals surface area contributed by atoms with Crippen LogP contribution in [0.3, 0.4) is 0 Å². The molecule has 0 aromatic rings. The van der Waals surface area contributed by atoms with Crippen LogP contribution in [0.15, 0.2) is 11.6 Å². The van der Waals surface area contributed by atoms with Gasteiger partial charge in [0.05, 0.1) is 6.10 Å². The van der Waals surface area contributed by atoms with E-state index in [0.717, 1.165) is 48.5 Å². The second kappa shape index (κ2) is 10.8. The van der Waals surface area contributed by atoms with Gasteiger partial charge in [0.2, 0.25) is 0 Å². The van der Waals surface area contributed by atoms with Gasteiger partial charge in [0.15, 0.2) is 6.29 Å². The molecule has 1 aliphatic heterocycles. The molecule has 0 bridgehead atoms. The normalized spacial score (nSPS) is 44.3. The minimum absolute atomic E-state index is 0.0631. The predicted molar refractivity (Wildman–Crippen MR) is 146 cm³/mol. The van der Waals surface area contributed by atoms with E-state index in [2.05, 4.69) is 40.7 Å². The molecule has 5 rings (SSSR count). The number of allylic oxidation sites excluding steroid dienone is 1. The van der Waals surface area contributed by atoms with Crippen LogP contribution >= 0.6 is 0 Å². The van der Waals surface area contributed by atoms with Crippen molar-refractivity contribution >= 4 is 0 Å². The molecule has 4 aliphatic carbocycles. The zero-order valence-corrected chi connectivity index (χ0v) is 23.8. The predicted octanol–water partition coefficient (Wildman–Crippen LogP) is 9.33. The molecule has 0 radical (unpaired) electrons. The SMILES string of the molecule is CC[C@]12CC[C@H](OC3CCCCO3)CC1=CC[C@@H]1[C@@H]2CC[C@]2(C)[C@@H]([C@H](C)CCCC(C)C)CC[C@@H]12. The molecular formula is C33H56O2. The van der Waals surface area contributed by atoms with Crippen LogP contribution in [0, 0.1) is 46.3 Å². The Morgan fingerprint density at radius 1 is 1.00 bits per heavy atom. The van der Waals surface area contributed by atoms with Gasteiger partial charge in [0.1, 0.15) is 0 Å². The van der Waals surface area contributed by atoms with Gasteiger partial charge in [-0.2, -0.15) is 0 Å². The van der Waals surface area contributed by atoms with Gasteiger partial charge in [-0.3, -0.25) is 0 Å². The van der Waals surface area contributed by atoms with Gasteiger partial charge < -0.3 is 9.47 Å². The first-order valence-corrected chi connectivity index (χ1v) is 15.8. The Hall–Kier alpha value is -0.340. The summed E-state index contributed by atoms with van der Waals surface area (Å²) < 4.78 is 12.5. The second-order valence-corrected chi connectivity index (χ2v) is 14.2. The monoisotopic (exact) mass is 484 g/mol. The van der Waals surface area contributed by atoms with Crippen molar-refractivity contribution < 1.29 is 9.47 Å². The average molecular weight is 485 g/mol. The number of fused-ring (bicyclic) bond motifs is 5. The van der Waals surface area contributed by atoms with Crippen molar-refractivity contribution in [2.24, 2.45) is 46.3 Å². The molecule has 4 fully saturated rings. The molecule has 5 aliphatic rings. The van der Waals surface area contributed by atoms with Gasteiger partial charge in [0, 0.05) is 6.61 Å². The Bertz CT molecular complexity index is 735. The first-order chi connectivity index (χ1) is 16.9. The standard InChI is InChI=1S/C33H56O2/c1-6-33-20-17-26(35-31-12-7-8-21-34-31)22-25(33)13-14-27-29-16-15-28(24(4)11-9-10-23(2)3)32(29,5)19-18-30(27)33/h13,23-24,26-31H,6-12,14-22H2,1-5H3/t24-,26+,27+,28-,29+,30+,31?,32-,33+/m1/s1. The van der Waals surface area contributed by atoms with E-state index < -0.39 is 0 Å². The zero-order chi connectivity index (χ0) is 24.6. The number of rotatable bonds is 8. The Morgan fingerprint density at radius 2 is 1.86 bits per heavy atom. The highest BCUT2D eigenvalue weighted by molar-refractivity contribution is 5.26. The summed E-state index contributed by atoms with van der Waals surface area (Å²) in [6, 6.07) is 0. The third-order valence-electron chi connectivity index (χ3n) is 12.1. The third-order valence-corrected chi connectivity index (χ3v) is 12.1. The van der Waals surface area contributed by atoms with E-state index in [9.17, 15) is 0 Å². The molecule has 3 saturated carbocycles. The van der Waals surface area contributed by atoms with E-state index in [1.165, 1.54) is 89.9 Å². The number of hydrogen-bond acceptors (Lipinski definition) is 2. The molecule has 0 amide bonds. The highest BCUT2D eigenvalue weighted by Gasteiger charge is 2.59. The summed E-state index contributed by atoms with van der Waals surface area (Å²) in [6.45, 7) is 13.5. The summed E-state index contributed by atoms with van der Waals surface area (Å²) in [4.78, 5) is 0. The topological polar surface area (TPSA) is 18.5 Å². The van der Waals surface area contributed by atoms with Gasteiger partial charge in [-0.15, -0.1) is 0 Å². The fraction of sp³-hybridized carbons (Fsp3) is 0.939. The quantitative estimate of drug-likeness (QED) is 0.319. The number of hydrogen-bond donors (Lipinski definition) is 0. The van der Waals surface area contributed by atoms with Crippen molar-refractivity contribution in [1.29, 1.82) is 0 Å². The Labute approximate surface area is 217 Å². The molecular weight excluding hydrogens is 428 g/mol. The van der Waals surface area contributed by atoms with Gasteiger partial charge in [-0.05, 0) is 123 Å². The molecule has 35 heavy (non-hydrogen) atoms. The molecule has 0 aromatic carbocycles. The van der Waals surface area contributed by atoms with Crippen molar-refractivity contribution in [2.45, 2.75) is 143 Å². The summed E-state index contributed by atoms with van der Waals surface area (Å²) >= 11 is 0. The smallest absolute Gasteiger partial charge is 0.157 e. The fourth-order valence-corrected chi connectivity index (χ4v) is 10.3. The zero-order valence-electron chi connectivity index (χ0n) is 23.8. The van der Waals surface area contributed by atoms with E-state index in [0.29, 0.717) is 16.9 Å². The molecule has 1 unspecified atom stereocenters. The van der Waals surface area contributed by atoms with Crippen molar-refractivity contribution in [1.82, 2.24) is 0 Å². The Balaban J connectivity index is 1.27. The van der Waals surface area contributed by atoms with Crippen LogP contribution in [0.4, 0.5) is 0 Å². The van der Waals surface area contributed by atoms with Crippen LogP contribution in [0.2, 0.25) is 0 Å². The third kappa shape index (κ3) is 4.94. The highest BCUT2D eigenvalue weighted by Crippen LogP contribution is 2.68. The molecule has 0 aromatic heterocycles. The Kier molecular flexibility index (Phi) is 8.11. The van der Waals surface area contributed by atoms with E-state index in [-0.39, 0.29) is 6.29 Å². The lowest BCUT2D eigenvalue weighted by Crippen LogP contribution is -2.52. The first kappa shape index (κ1) is 26.3. The summed E-state index contributed by atoms with van der Waals surface area (Å²) in [6.07, 6.45) is 23.5. The first-order valence-electron chi connectivity index (χ1n) is 15.8. The van der Waals surface area contributed by atoms with E-state index in [4.69, 9.17) is 9.47 Å². The Morgan fingerprint density at radius 3 is 2.60 bits per heavy atom. The van der Waals surface area contributed by atoms with Gasteiger partial charge in [-0.1, -0.05) is 65.5 Å². The van der Waals surface area contributed by atoms with E-state index >= 15 is 0 Å². The highest BCUT2D eigenvalue weighted by atomic mass is 16.7. The largest absolute Gasteiger partial charge is 0.353 e. The molecule has 1 saturated heterocycles. The van der Waals surface area contributed by atoms with Gasteiger partial charge in [-0.25, -0.2) is 0 Å². The molecule has 1 heterocycles. The number of ether oxygens (including phenoxy) is 2. The lowest BCUT2D eigenvalue weighted by Gasteiger charge is -2.59. The second-order valence-electron chi connectivity index (χ2n) is 14.2. The molecule has 9 atom stereocenters. The maximum absolute atomic E-state index is 6.52. The lowest BCUT2D eigenvalue weighted by molar-refractivity contribution is -0.195. The summed E-state index contributed by atoms with van der Waals surface area (Å²) in [7, 11) is 0. The lowest BCUT2D eigenvalue weighted by atomic mass is 9.46. The summed E-state index contributed by atoms with van der Waals surface area (Å²) in [5.41, 5.74) is 2.85. The van der Waals surface area contributed by atoms with Crippen LogP contribution in [0.5, 0.6) is 0 Å². The molecule has 0 spiro atoms. The van der Waals surface area contributed by atoms with Crippen LogP contribution in [0.1, 0.15) is 131 Å². The van der Waals surface area contributed by atoms with Gasteiger partial charge >= 0.3 is 0 Å². The van der Waals surface area contributed by atoms with Crippen molar-refractivity contribution in [3.63, 3.8) is 0 Å².